The number of benzene rings is 1. The van der Waals surface area contributed by atoms with Gasteiger partial charge in [-0.2, -0.15) is 0 Å². The van der Waals surface area contributed by atoms with Gasteiger partial charge in [0.15, 0.2) is 0 Å². The van der Waals surface area contributed by atoms with Crippen LogP contribution in [0.4, 0.5) is 0 Å². The molecular formula is C28H42N2O. The maximum atomic E-state index is 6.05. The molecule has 0 aliphatic carbocycles. The van der Waals surface area contributed by atoms with Crippen LogP contribution in [0.25, 0.3) is 0 Å². The Morgan fingerprint density at radius 1 is 0.903 bits per heavy atom. The lowest BCUT2D eigenvalue weighted by Gasteiger charge is -2.20. The first-order valence-corrected chi connectivity index (χ1v) is 12.7. The standard InChI is InChI=1S/C28H42N2O/c1-2-3-4-5-6-7-11-24-14-16-26(17-15-24)27-18-20-30-28(27)23-31-21-9-8-12-25-13-10-19-29-22-25/h10,13-17,19,22,27-28,30H,2-9,11-12,18,20-21,23H2,1H3/t27-,28-/m1/s1. The zero-order chi connectivity index (χ0) is 21.6. The zero-order valence-corrected chi connectivity index (χ0v) is 19.5. The molecule has 1 aliphatic rings. The van der Waals surface area contributed by atoms with Crippen molar-refractivity contribution in [3.8, 4) is 0 Å². The summed E-state index contributed by atoms with van der Waals surface area (Å²) in [6.07, 6.45) is 17.8. The molecule has 2 atom stereocenters. The summed E-state index contributed by atoms with van der Waals surface area (Å²) in [4.78, 5) is 4.18. The van der Waals surface area contributed by atoms with Crippen LogP contribution in [0, 0.1) is 0 Å². The van der Waals surface area contributed by atoms with Crippen molar-refractivity contribution < 1.29 is 4.74 Å². The van der Waals surface area contributed by atoms with Crippen molar-refractivity contribution in [1.29, 1.82) is 0 Å². The van der Waals surface area contributed by atoms with Gasteiger partial charge in [-0.1, -0.05) is 69.4 Å². The highest BCUT2D eigenvalue weighted by Gasteiger charge is 2.28. The molecule has 170 valence electrons. The monoisotopic (exact) mass is 422 g/mol. The maximum Gasteiger partial charge on any atom is 0.0625 e. The third-order valence-corrected chi connectivity index (χ3v) is 6.60. The number of nitrogens with zero attached hydrogens (tertiary/aromatic N) is 1. The van der Waals surface area contributed by atoms with Gasteiger partial charge in [-0.3, -0.25) is 4.98 Å². The van der Waals surface area contributed by atoms with E-state index >= 15 is 0 Å². The Morgan fingerprint density at radius 2 is 1.68 bits per heavy atom. The first-order valence-electron chi connectivity index (χ1n) is 12.7. The van der Waals surface area contributed by atoms with Gasteiger partial charge in [-0.15, -0.1) is 0 Å². The maximum absolute atomic E-state index is 6.05. The Morgan fingerprint density at radius 3 is 2.48 bits per heavy atom. The zero-order valence-electron chi connectivity index (χ0n) is 19.5. The van der Waals surface area contributed by atoms with Gasteiger partial charge in [0.2, 0.25) is 0 Å². The van der Waals surface area contributed by atoms with Gasteiger partial charge < -0.3 is 10.1 Å². The second-order valence-electron chi connectivity index (χ2n) is 9.11. The number of unbranched alkanes of at least 4 members (excludes halogenated alkanes) is 6. The predicted molar refractivity (Wildman–Crippen MR) is 131 cm³/mol. The van der Waals surface area contributed by atoms with Gasteiger partial charge in [-0.25, -0.2) is 0 Å². The molecule has 0 bridgehead atoms. The van der Waals surface area contributed by atoms with Crippen LogP contribution in [0.5, 0.6) is 0 Å². The van der Waals surface area contributed by atoms with E-state index in [-0.39, 0.29) is 0 Å². The molecule has 3 nitrogen and oxygen atoms in total. The lowest BCUT2D eigenvalue weighted by Crippen LogP contribution is -2.31. The van der Waals surface area contributed by atoms with Crippen molar-refractivity contribution in [3.05, 3.63) is 65.5 Å². The summed E-state index contributed by atoms with van der Waals surface area (Å²) in [6.45, 7) is 5.04. The van der Waals surface area contributed by atoms with E-state index in [9.17, 15) is 0 Å². The number of aryl methyl sites for hydroxylation is 2. The molecule has 1 aromatic heterocycles. The van der Waals surface area contributed by atoms with Crippen LogP contribution in [0.15, 0.2) is 48.8 Å². The minimum Gasteiger partial charge on any atom is -0.380 e. The molecule has 0 amide bonds. The molecule has 0 spiro atoms. The van der Waals surface area contributed by atoms with E-state index in [0.29, 0.717) is 12.0 Å². The highest BCUT2D eigenvalue weighted by molar-refractivity contribution is 5.27. The molecule has 3 heteroatoms. The van der Waals surface area contributed by atoms with Gasteiger partial charge >= 0.3 is 0 Å². The van der Waals surface area contributed by atoms with Crippen LogP contribution in [0.3, 0.4) is 0 Å². The summed E-state index contributed by atoms with van der Waals surface area (Å²) >= 11 is 0. The van der Waals surface area contributed by atoms with E-state index in [4.69, 9.17) is 4.74 Å². The molecule has 2 aromatic rings. The molecular weight excluding hydrogens is 380 g/mol. The Balaban J connectivity index is 1.32. The number of rotatable bonds is 15. The van der Waals surface area contributed by atoms with Gasteiger partial charge in [0.1, 0.15) is 0 Å². The first kappa shape index (κ1) is 23.9. The largest absolute Gasteiger partial charge is 0.380 e. The lowest BCUT2D eigenvalue weighted by atomic mass is 9.91. The highest BCUT2D eigenvalue weighted by Crippen LogP contribution is 2.28. The summed E-state index contributed by atoms with van der Waals surface area (Å²) in [5.41, 5.74) is 4.29. The van der Waals surface area contributed by atoms with E-state index in [1.165, 1.54) is 68.1 Å². The Kier molecular flexibility index (Phi) is 11.1. The second-order valence-corrected chi connectivity index (χ2v) is 9.11. The van der Waals surface area contributed by atoms with Crippen molar-refractivity contribution in [3.63, 3.8) is 0 Å². The third-order valence-electron chi connectivity index (χ3n) is 6.60. The fourth-order valence-corrected chi connectivity index (χ4v) is 4.67. The Labute approximate surface area is 190 Å². The van der Waals surface area contributed by atoms with E-state index < -0.39 is 0 Å². The van der Waals surface area contributed by atoms with Crippen molar-refractivity contribution in [2.24, 2.45) is 0 Å². The summed E-state index contributed by atoms with van der Waals surface area (Å²) < 4.78 is 6.05. The minimum absolute atomic E-state index is 0.447. The average Bonchev–Trinajstić information content (AvgIpc) is 3.28. The fourth-order valence-electron chi connectivity index (χ4n) is 4.67. The van der Waals surface area contributed by atoms with Crippen molar-refractivity contribution >= 4 is 0 Å². The smallest absolute Gasteiger partial charge is 0.0625 e. The molecule has 2 heterocycles. The van der Waals surface area contributed by atoms with Crippen LogP contribution in [-0.4, -0.2) is 30.8 Å². The SMILES string of the molecule is CCCCCCCCc1ccc([C@H]2CCN[C@@H]2COCCCCc2cccnc2)cc1. The third kappa shape index (κ3) is 8.74. The van der Waals surface area contributed by atoms with E-state index in [0.717, 1.165) is 39.0 Å². The number of ether oxygens (including phenoxy) is 1. The molecule has 31 heavy (non-hydrogen) atoms. The molecule has 0 radical (unpaired) electrons. The minimum atomic E-state index is 0.447. The van der Waals surface area contributed by atoms with E-state index in [1.807, 2.05) is 18.5 Å². The number of hydrogen-bond donors (Lipinski definition) is 1. The molecule has 1 N–H and O–H groups in total. The Bertz CT molecular complexity index is 701. The normalized spacial score (nSPS) is 18.5. The van der Waals surface area contributed by atoms with Crippen molar-refractivity contribution in [2.45, 2.75) is 89.5 Å². The van der Waals surface area contributed by atoms with Crippen molar-refractivity contribution in [2.75, 3.05) is 19.8 Å². The van der Waals surface area contributed by atoms with E-state index in [1.54, 1.807) is 0 Å². The topological polar surface area (TPSA) is 34.1 Å². The number of hydrogen-bond acceptors (Lipinski definition) is 3. The summed E-state index contributed by atoms with van der Waals surface area (Å²) in [6, 6.07) is 14.1. The van der Waals surface area contributed by atoms with Crippen molar-refractivity contribution in [1.82, 2.24) is 10.3 Å². The molecule has 0 unspecified atom stereocenters. The van der Waals surface area contributed by atoms with Crippen LogP contribution >= 0.6 is 0 Å². The van der Waals surface area contributed by atoms with Crippen LogP contribution in [0.2, 0.25) is 0 Å². The van der Waals surface area contributed by atoms with Gasteiger partial charge in [-0.05, 0) is 67.8 Å². The van der Waals surface area contributed by atoms with Gasteiger partial charge in [0.05, 0.1) is 6.61 Å². The second kappa shape index (κ2) is 14.4. The number of nitrogens with one attached hydrogen (secondary N) is 1. The van der Waals surface area contributed by atoms with Crippen LogP contribution < -0.4 is 5.32 Å². The Hall–Kier alpha value is -1.71. The van der Waals surface area contributed by atoms with Gasteiger partial charge in [0.25, 0.3) is 0 Å². The lowest BCUT2D eigenvalue weighted by molar-refractivity contribution is 0.109. The summed E-state index contributed by atoms with van der Waals surface area (Å²) in [7, 11) is 0. The summed E-state index contributed by atoms with van der Waals surface area (Å²) in [5.74, 6) is 0.582. The highest BCUT2D eigenvalue weighted by atomic mass is 16.5. The molecule has 1 aliphatic heterocycles. The molecule has 1 fully saturated rings. The molecule has 1 aromatic carbocycles. The fraction of sp³-hybridized carbons (Fsp3) is 0.607. The number of pyridine rings is 1. The van der Waals surface area contributed by atoms with Gasteiger partial charge in [0, 0.05) is 31.0 Å². The first-order chi connectivity index (χ1) is 15.4. The molecule has 3 rings (SSSR count). The quantitative estimate of drug-likeness (QED) is 0.334. The average molecular weight is 423 g/mol. The van der Waals surface area contributed by atoms with E-state index in [2.05, 4.69) is 47.6 Å². The van der Waals surface area contributed by atoms with Crippen LogP contribution in [-0.2, 0) is 17.6 Å². The molecule has 1 saturated heterocycles. The predicted octanol–water partition coefficient (Wildman–Crippen LogP) is 6.47. The number of aromatic nitrogens is 1. The van der Waals surface area contributed by atoms with Crippen LogP contribution in [0.1, 0.15) is 87.3 Å². The molecule has 0 saturated carbocycles. The summed E-state index contributed by atoms with van der Waals surface area (Å²) in [5, 5.41) is 3.66.